The molecule has 94 valence electrons. The molecule has 4 nitrogen and oxygen atoms in total. The van der Waals surface area contributed by atoms with E-state index < -0.39 is 23.6 Å². The standard InChI is InChI=1S/C10H11ClF2N2O2/c11-10(12,13)9-6-3-1-2-4-7(6)14-15(9)5-8(16)17/h1-5H2,(H,16,17). The first kappa shape index (κ1) is 12.3. The third kappa shape index (κ3) is 2.41. The van der Waals surface area contributed by atoms with Crippen molar-refractivity contribution in [1.29, 1.82) is 0 Å². The van der Waals surface area contributed by atoms with Crippen molar-refractivity contribution in [2.24, 2.45) is 0 Å². The van der Waals surface area contributed by atoms with E-state index in [1.54, 1.807) is 0 Å². The van der Waals surface area contributed by atoms with Gasteiger partial charge in [0.2, 0.25) is 0 Å². The number of alkyl halides is 3. The number of aliphatic carboxylic acids is 1. The third-order valence-corrected chi connectivity index (χ3v) is 2.96. The summed E-state index contributed by atoms with van der Waals surface area (Å²) in [6, 6.07) is 0. The van der Waals surface area contributed by atoms with E-state index >= 15 is 0 Å². The molecule has 2 rings (SSSR count). The van der Waals surface area contributed by atoms with Gasteiger partial charge in [-0.3, -0.25) is 9.48 Å². The van der Waals surface area contributed by atoms with Gasteiger partial charge in [-0.1, -0.05) is 0 Å². The predicted octanol–water partition coefficient (Wildman–Crippen LogP) is 2.13. The van der Waals surface area contributed by atoms with Crippen molar-refractivity contribution in [3.8, 4) is 0 Å². The van der Waals surface area contributed by atoms with Gasteiger partial charge in [0.1, 0.15) is 12.2 Å². The zero-order chi connectivity index (χ0) is 12.6. The number of nitrogens with zero attached hydrogens (tertiary/aromatic N) is 2. The Kier molecular flexibility index (Phi) is 3.07. The number of hydrogen-bond donors (Lipinski definition) is 1. The molecule has 0 saturated carbocycles. The highest BCUT2D eigenvalue weighted by molar-refractivity contribution is 6.21. The van der Waals surface area contributed by atoms with Gasteiger partial charge in [-0.05, 0) is 37.3 Å². The summed E-state index contributed by atoms with van der Waals surface area (Å²) in [4.78, 5) is 10.6. The molecule has 17 heavy (non-hydrogen) atoms. The monoisotopic (exact) mass is 264 g/mol. The molecule has 0 atom stereocenters. The minimum absolute atomic E-state index is 0.414. The van der Waals surface area contributed by atoms with E-state index in [9.17, 15) is 13.6 Å². The van der Waals surface area contributed by atoms with E-state index in [1.807, 2.05) is 0 Å². The van der Waals surface area contributed by atoms with E-state index in [0.29, 0.717) is 24.1 Å². The molecule has 0 fully saturated rings. The summed E-state index contributed by atoms with van der Waals surface area (Å²) in [5.41, 5.74) is 0.501. The molecule has 0 aliphatic heterocycles. The molecular weight excluding hydrogens is 254 g/mol. The van der Waals surface area contributed by atoms with Crippen LogP contribution in [0.4, 0.5) is 8.78 Å². The molecule has 0 radical (unpaired) electrons. The van der Waals surface area contributed by atoms with Crippen molar-refractivity contribution in [1.82, 2.24) is 9.78 Å². The molecule has 0 amide bonds. The number of carboxylic acids is 1. The molecule has 0 spiro atoms. The topological polar surface area (TPSA) is 55.1 Å². The maximum absolute atomic E-state index is 13.3. The maximum Gasteiger partial charge on any atom is 0.364 e. The number of aromatic nitrogens is 2. The number of fused-ring (bicyclic) bond motifs is 1. The summed E-state index contributed by atoms with van der Waals surface area (Å²) in [5.74, 6) is -1.22. The van der Waals surface area contributed by atoms with Crippen molar-refractivity contribution in [3.63, 3.8) is 0 Å². The molecule has 1 N–H and O–H groups in total. The highest BCUT2D eigenvalue weighted by Crippen LogP contribution is 2.38. The number of hydrogen-bond acceptors (Lipinski definition) is 2. The number of carbonyl (C=O) groups is 1. The summed E-state index contributed by atoms with van der Waals surface area (Å²) < 4.78 is 27.4. The Morgan fingerprint density at radius 3 is 2.71 bits per heavy atom. The number of rotatable bonds is 3. The van der Waals surface area contributed by atoms with Crippen LogP contribution in [-0.2, 0) is 29.6 Å². The fourth-order valence-electron chi connectivity index (χ4n) is 2.17. The summed E-state index contributed by atoms with van der Waals surface area (Å²) in [5, 5.41) is 9.02. The van der Waals surface area contributed by atoms with Crippen LogP contribution in [0, 0.1) is 0 Å². The van der Waals surface area contributed by atoms with Gasteiger partial charge in [-0.15, -0.1) is 0 Å². The fourth-order valence-corrected chi connectivity index (χ4v) is 2.38. The molecule has 0 bridgehead atoms. The van der Waals surface area contributed by atoms with Crippen LogP contribution in [-0.4, -0.2) is 20.9 Å². The first-order chi connectivity index (χ1) is 7.89. The smallest absolute Gasteiger partial charge is 0.364 e. The van der Waals surface area contributed by atoms with E-state index in [4.69, 9.17) is 16.7 Å². The summed E-state index contributed by atoms with van der Waals surface area (Å²) >= 11 is 5.04. The second kappa shape index (κ2) is 4.25. The van der Waals surface area contributed by atoms with Crippen molar-refractivity contribution in [2.75, 3.05) is 0 Å². The minimum Gasteiger partial charge on any atom is -0.480 e. The van der Waals surface area contributed by atoms with Gasteiger partial charge >= 0.3 is 11.4 Å². The maximum atomic E-state index is 13.3. The fraction of sp³-hybridized carbons (Fsp3) is 0.600. The highest BCUT2D eigenvalue weighted by Gasteiger charge is 2.38. The zero-order valence-electron chi connectivity index (χ0n) is 8.92. The summed E-state index contributed by atoms with van der Waals surface area (Å²) in [6.07, 6.45) is 2.75. The van der Waals surface area contributed by atoms with Crippen molar-refractivity contribution in [2.45, 2.75) is 37.6 Å². The van der Waals surface area contributed by atoms with Gasteiger partial charge in [0, 0.05) is 5.56 Å². The van der Waals surface area contributed by atoms with Gasteiger partial charge in [-0.2, -0.15) is 13.9 Å². The van der Waals surface area contributed by atoms with Crippen LogP contribution < -0.4 is 0 Å². The van der Waals surface area contributed by atoms with Gasteiger partial charge in [0.15, 0.2) is 0 Å². The molecule has 1 aliphatic carbocycles. The third-order valence-electron chi connectivity index (χ3n) is 2.78. The molecule has 1 aromatic rings. The van der Waals surface area contributed by atoms with Crippen LogP contribution in [0.1, 0.15) is 29.8 Å². The Hall–Kier alpha value is -1.17. The lowest BCUT2D eigenvalue weighted by Crippen LogP contribution is -2.19. The van der Waals surface area contributed by atoms with Gasteiger partial charge in [0.05, 0.1) is 5.69 Å². The van der Waals surface area contributed by atoms with E-state index in [2.05, 4.69) is 5.10 Å². The van der Waals surface area contributed by atoms with Gasteiger partial charge < -0.3 is 5.11 Å². The van der Waals surface area contributed by atoms with Crippen molar-refractivity contribution in [3.05, 3.63) is 17.0 Å². The van der Waals surface area contributed by atoms with Crippen LogP contribution in [0.5, 0.6) is 0 Å². The van der Waals surface area contributed by atoms with Crippen LogP contribution in [0.2, 0.25) is 0 Å². The molecule has 0 saturated heterocycles. The Balaban J connectivity index is 2.50. The largest absolute Gasteiger partial charge is 0.480 e. The van der Waals surface area contributed by atoms with Crippen molar-refractivity contribution < 1.29 is 18.7 Å². The normalized spacial score (nSPS) is 15.7. The Morgan fingerprint density at radius 1 is 1.47 bits per heavy atom. The number of aryl methyl sites for hydroxylation is 1. The van der Waals surface area contributed by atoms with Gasteiger partial charge in [-0.25, -0.2) is 0 Å². The second-order valence-electron chi connectivity index (χ2n) is 4.03. The van der Waals surface area contributed by atoms with Crippen LogP contribution >= 0.6 is 11.6 Å². The lowest BCUT2D eigenvalue weighted by Gasteiger charge is -2.14. The molecule has 0 unspecified atom stereocenters. The van der Waals surface area contributed by atoms with E-state index in [1.165, 1.54) is 0 Å². The lowest BCUT2D eigenvalue weighted by molar-refractivity contribution is -0.138. The average molecular weight is 265 g/mol. The molecular formula is C10H11ClF2N2O2. The molecule has 1 aliphatic rings. The molecule has 1 aromatic heterocycles. The first-order valence-corrected chi connectivity index (χ1v) is 5.65. The zero-order valence-corrected chi connectivity index (χ0v) is 9.68. The van der Waals surface area contributed by atoms with Crippen molar-refractivity contribution >= 4 is 17.6 Å². The number of halogens is 3. The lowest BCUT2D eigenvalue weighted by atomic mass is 9.96. The SMILES string of the molecule is O=C(O)Cn1nc2c(c1C(F)(F)Cl)CCCC2. The molecule has 7 heteroatoms. The van der Waals surface area contributed by atoms with Crippen LogP contribution in [0.25, 0.3) is 0 Å². The van der Waals surface area contributed by atoms with Gasteiger partial charge in [0.25, 0.3) is 0 Å². The van der Waals surface area contributed by atoms with E-state index in [0.717, 1.165) is 17.5 Å². The minimum atomic E-state index is -3.58. The first-order valence-electron chi connectivity index (χ1n) is 5.27. The molecule has 0 aromatic carbocycles. The number of carboxylic acid groups (broad SMARTS) is 1. The highest BCUT2D eigenvalue weighted by atomic mass is 35.5. The van der Waals surface area contributed by atoms with Crippen LogP contribution in [0.3, 0.4) is 0 Å². The molecule has 1 heterocycles. The van der Waals surface area contributed by atoms with E-state index in [-0.39, 0.29) is 0 Å². The summed E-state index contributed by atoms with van der Waals surface area (Å²) in [7, 11) is 0. The summed E-state index contributed by atoms with van der Waals surface area (Å²) in [6.45, 7) is -0.593. The Labute approximate surface area is 101 Å². The predicted molar refractivity (Wildman–Crippen MR) is 56.3 cm³/mol. The second-order valence-corrected chi connectivity index (χ2v) is 4.50. The Morgan fingerprint density at radius 2 is 2.12 bits per heavy atom. The quantitative estimate of drug-likeness (QED) is 0.851. The van der Waals surface area contributed by atoms with Crippen LogP contribution in [0.15, 0.2) is 0 Å². The Bertz CT molecular complexity index is 454. The average Bonchev–Trinajstić information content (AvgIpc) is 2.53.